The van der Waals surface area contributed by atoms with Crippen LogP contribution in [0.3, 0.4) is 0 Å². The van der Waals surface area contributed by atoms with Crippen LogP contribution >= 0.6 is 31.9 Å². The molecule has 0 saturated carbocycles. The predicted octanol–water partition coefficient (Wildman–Crippen LogP) is 6.56. The first kappa shape index (κ1) is 17.0. The predicted molar refractivity (Wildman–Crippen MR) is 102 cm³/mol. The molecule has 0 aromatic heterocycles. The lowest BCUT2D eigenvalue weighted by Gasteiger charge is -2.30. The highest BCUT2D eigenvalue weighted by Gasteiger charge is 2.29. The quantitative estimate of drug-likeness (QED) is 0.459. The Labute approximate surface area is 146 Å². The van der Waals surface area contributed by atoms with Crippen molar-refractivity contribution in [3.05, 3.63) is 68.6 Å². The summed E-state index contributed by atoms with van der Waals surface area (Å²) in [5.41, 5.74) is 2.98. The molecule has 0 heterocycles. The largest absolute Gasteiger partial charge is 0.0677 e. The van der Waals surface area contributed by atoms with Gasteiger partial charge < -0.3 is 0 Å². The summed E-state index contributed by atoms with van der Waals surface area (Å²) >= 11 is 7.05. The highest BCUT2D eigenvalue weighted by Crippen LogP contribution is 2.26. The summed E-state index contributed by atoms with van der Waals surface area (Å²) in [5.74, 6) is 0. The van der Waals surface area contributed by atoms with Crippen molar-refractivity contribution in [1.29, 1.82) is 0 Å². The molecule has 21 heavy (non-hydrogen) atoms. The Morgan fingerprint density at radius 1 is 0.667 bits per heavy atom. The van der Waals surface area contributed by atoms with E-state index in [-0.39, 0.29) is 0 Å². The van der Waals surface area contributed by atoms with E-state index in [9.17, 15) is 0 Å². The first-order valence-corrected chi connectivity index (χ1v) is 12.0. The highest BCUT2D eigenvalue weighted by atomic mass is 79.9. The van der Waals surface area contributed by atoms with E-state index < -0.39 is 8.07 Å². The molecule has 0 bridgehead atoms. The minimum absolute atomic E-state index is 1.17. The van der Waals surface area contributed by atoms with Gasteiger partial charge in [-0.1, -0.05) is 93.2 Å². The van der Waals surface area contributed by atoms with Crippen LogP contribution in [0.1, 0.15) is 25.0 Å². The molecule has 0 atom stereocenters. The Balaban J connectivity index is 2.19. The van der Waals surface area contributed by atoms with Gasteiger partial charge in [-0.2, -0.15) is 0 Å². The molecule has 0 spiro atoms. The van der Waals surface area contributed by atoms with Crippen molar-refractivity contribution < 1.29 is 0 Å². The third-order valence-electron chi connectivity index (χ3n) is 4.48. The van der Waals surface area contributed by atoms with Crippen molar-refractivity contribution in [2.75, 3.05) is 0 Å². The molecule has 3 heteroatoms. The minimum atomic E-state index is -1.29. The van der Waals surface area contributed by atoms with Crippen LogP contribution in [-0.2, 0) is 12.1 Å². The molecular weight excluding hydrogens is 404 g/mol. The van der Waals surface area contributed by atoms with Crippen LogP contribution in [0.5, 0.6) is 0 Å². The maximum Gasteiger partial charge on any atom is 0.0617 e. The van der Waals surface area contributed by atoms with Crippen molar-refractivity contribution in [2.45, 2.75) is 38.0 Å². The lowest BCUT2D eigenvalue weighted by Crippen LogP contribution is -2.39. The molecule has 2 aromatic carbocycles. The monoisotopic (exact) mass is 424 g/mol. The van der Waals surface area contributed by atoms with Crippen LogP contribution in [-0.4, -0.2) is 8.07 Å². The fourth-order valence-corrected chi connectivity index (χ4v) is 7.24. The van der Waals surface area contributed by atoms with Gasteiger partial charge in [-0.05, 0) is 36.4 Å². The summed E-state index contributed by atoms with van der Waals surface area (Å²) in [6.45, 7) is 4.76. The minimum Gasteiger partial charge on any atom is -0.0677 e. The Hall–Kier alpha value is -0.383. The second-order valence-corrected chi connectivity index (χ2v) is 12.8. The van der Waals surface area contributed by atoms with Crippen LogP contribution in [0, 0.1) is 0 Å². The Kier molecular flexibility index (Phi) is 6.27. The van der Waals surface area contributed by atoms with E-state index in [2.05, 4.69) is 94.2 Å². The van der Waals surface area contributed by atoms with E-state index in [4.69, 9.17) is 0 Å². The zero-order valence-electron chi connectivity index (χ0n) is 12.7. The summed E-state index contributed by atoms with van der Waals surface area (Å²) in [7, 11) is -1.29. The molecule has 0 N–H and O–H groups in total. The third-order valence-corrected chi connectivity index (χ3v) is 10.9. The van der Waals surface area contributed by atoms with Crippen molar-refractivity contribution >= 4 is 39.9 Å². The number of halogens is 2. The molecule has 0 nitrogen and oxygen atoms in total. The molecule has 0 radical (unpaired) electrons. The van der Waals surface area contributed by atoms with E-state index >= 15 is 0 Å². The van der Waals surface area contributed by atoms with Crippen LogP contribution in [0.25, 0.3) is 0 Å². The number of hydrogen-bond acceptors (Lipinski definition) is 0. The molecule has 2 rings (SSSR count). The smallest absolute Gasteiger partial charge is 0.0617 e. The van der Waals surface area contributed by atoms with Crippen molar-refractivity contribution in [2.24, 2.45) is 0 Å². The Morgan fingerprint density at radius 3 is 1.29 bits per heavy atom. The van der Waals surface area contributed by atoms with Gasteiger partial charge in [0.1, 0.15) is 0 Å². The van der Waals surface area contributed by atoms with Gasteiger partial charge >= 0.3 is 0 Å². The summed E-state index contributed by atoms with van der Waals surface area (Å²) in [5, 5.41) is 0. The van der Waals surface area contributed by atoms with Gasteiger partial charge in [0.05, 0.1) is 8.07 Å². The molecule has 0 unspecified atom stereocenters. The van der Waals surface area contributed by atoms with Gasteiger partial charge in [0.25, 0.3) is 0 Å². The number of benzene rings is 2. The molecule has 0 aliphatic heterocycles. The normalized spacial score (nSPS) is 11.6. The lowest BCUT2D eigenvalue weighted by molar-refractivity contribution is 1.09. The average molecular weight is 426 g/mol. The van der Waals surface area contributed by atoms with Gasteiger partial charge in [0.15, 0.2) is 0 Å². The van der Waals surface area contributed by atoms with E-state index in [1.165, 1.54) is 44.2 Å². The fraction of sp³-hybridized carbons (Fsp3) is 0.333. The lowest BCUT2D eigenvalue weighted by atomic mass is 10.2. The van der Waals surface area contributed by atoms with Gasteiger partial charge in [-0.25, -0.2) is 0 Å². The molecule has 0 saturated heterocycles. The van der Waals surface area contributed by atoms with Crippen LogP contribution in [0.2, 0.25) is 12.1 Å². The molecule has 0 aliphatic rings. The number of hydrogen-bond donors (Lipinski definition) is 0. The van der Waals surface area contributed by atoms with Crippen molar-refractivity contribution in [1.82, 2.24) is 0 Å². The molecular formula is C18H22Br2Si. The molecule has 112 valence electrons. The molecule has 0 fully saturated rings. The van der Waals surface area contributed by atoms with Crippen LogP contribution < -0.4 is 0 Å². The van der Waals surface area contributed by atoms with E-state index in [1.807, 2.05) is 0 Å². The molecule has 0 aliphatic carbocycles. The second kappa shape index (κ2) is 7.75. The first-order valence-electron chi connectivity index (χ1n) is 7.56. The maximum atomic E-state index is 3.53. The van der Waals surface area contributed by atoms with Crippen molar-refractivity contribution in [3.8, 4) is 0 Å². The van der Waals surface area contributed by atoms with E-state index in [0.717, 1.165) is 0 Å². The average Bonchev–Trinajstić information content (AvgIpc) is 2.51. The van der Waals surface area contributed by atoms with Gasteiger partial charge in [0.2, 0.25) is 0 Å². The SMILES string of the molecule is CC[Si](CC)(Cc1ccc(Br)cc1)Cc1ccc(Br)cc1. The zero-order valence-corrected chi connectivity index (χ0v) is 16.9. The third kappa shape index (κ3) is 4.80. The maximum absolute atomic E-state index is 3.53. The Bertz CT molecular complexity index is 507. The van der Waals surface area contributed by atoms with Crippen LogP contribution in [0.15, 0.2) is 57.5 Å². The van der Waals surface area contributed by atoms with Gasteiger partial charge in [0, 0.05) is 8.95 Å². The van der Waals surface area contributed by atoms with Crippen LogP contribution in [0.4, 0.5) is 0 Å². The summed E-state index contributed by atoms with van der Waals surface area (Å²) in [6, 6.07) is 23.0. The highest BCUT2D eigenvalue weighted by molar-refractivity contribution is 9.10. The topological polar surface area (TPSA) is 0 Å². The summed E-state index contributed by atoms with van der Waals surface area (Å²) < 4.78 is 2.33. The second-order valence-electron chi connectivity index (χ2n) is 5.81. The first-order chi connectivity index (χ1) is 10.1. The standard InChI is InChI=1S/C18H22Br2Si/c1-3-21(4-2,13-15-5-9-17(19)10-6-15)14-16-7-11-18(20)12-8-16/h5-12H,3-4,13-14H2,1-2H3. The van der Waals surface area contributed by atoms with E-state index in [1.54, 1.807) is 0 Å². The fourth-order valence-electron chi connectivity index (χ4n) is 2.88. The Morgan fingerprint density at radius 2 is 1.00 bits per heavy atom. The molecule has 2 aromatic rings. The van der Waals surface area contributed by atoms with Crippen molar-refractivity contribution in [3.63, 3.8) is 0 Å². The molecule has 0 amide bonds. The number of rotatable bonds is 6. The van der Waals surface area contributed by atoms with E-state index in [0.29, 0.717) is 0 Å². The summed E-state index contributed by atoms with van der Waals surface area (Å²) in [6.07, 6.45) is 0. The summed E-state index contributed by atoms with van der Waals surface area (Å²) in [4.78, 5) is 0. The zero-order chi connectivity index (χ0) is 15.3. The van der Waals surface area contributed by atoms with Gasteiger partial charge in [-0.15, -0.1) is 0 Å². The van der Waals surface area contributed by atoms with Gasteiger partial charge in [-0.3, -0.25) is 0 Å².